The van der Waals surface area contributed by atoms with Gasteiger partial charge >= 0.3 is 0 Å². The summed E-state index contributed by atoms with van der Waals surface area (Å²) in [6.45, 7) is 0. The first-order chi connectivity index (χ1) is 26.7. The Morgan fingerprint density at radius 1 is 0.407 bits per heavy atom. The molecular formula is C53H36O. The molecule has 10 rings (SSSR count). The summed E-state index contributed by atoms with van der Waals surface area (Å²) in [4.78, 5) is 15.3. The number of hydrogen-bond donors (Lipinski definition) is 0. The van der Waals surface area contributed by atoms with Crippen LogP contribution in [0.15, 0.2) is 200 Å². The van der Waals surface area contributed by atoms with Gasteiger partial charge in [-0.05, 0) is 112 Å². The molecule has 1 heteroatoms. The highest BCUT2D eigenvalue weighted by molar-refractivity contribution is 6.09. The molecule has 0 radical (unpaired) electrons. The Morgan fingerprint density at radius 3 is 1.30 bits per heavy atom. The maximum atomic E-state index is 15.3. The lowest BCUT2D eigenvalue weighted by molar-refractivity contribution is 0.0947. The fourth-order valence-electron chi connectivity index (χ4n) is 8.56. The summed E-state index contributed by atoms with van der Waals surface area (Å²) in [5.74, 6) is -0.233. The Balaban J connectivity index is 1.17. The number of carbonyl (C=O) groups is 1. The molecule has 0 heterocycles. The molecule has 0 amide bonds. The smallest absolute Gasteiger partial charge is 0.170 e. The highest BCUT2D eigenvalue weighted by atomic mass is 16.1. The molecule has 0 aliphatic heterocycles. The predicted octanol–water partition coefficient (Wildman–Crippen LogP) is 14.0. The number of hydrogen-bond acceptors (Lipinski definition) is 1. The Bertz CT molecular complexity index is 2880. The van der Waals surface area contributed by atoms with Crippen molar-refractivity contribution in [1.82, 2.24) is 0 Å². The van der Waals surface area contributed by atoms with Crippen molar-refractivity contribution in [3.8, 4) is 22.3 Å². The Hall–Kier alpha value is -6.83. The molecule has 254 valence electrons. The van der Waals surface area contributed by atoms with E-state index in [-0.39, 0.29) is 11.7 Å². The average molecular weight is 689 g/mol. The van der Waals surface area contributed by atoms with Crippen LogP contribution in [0.1, 0.15) is 27.9 Å². The van der Waals surface area contributed by atoms with Crippen LogP contribution in [-0.2, 0) is 0 Å². The lowest BCUT2D eigenvalue weighted by Crippen LogP contribution is -2.16. The standard InChI is InChI=1S/C53H36O/c54-53(43-31-39(49-25-9-17-35-13-1-5-21-45(35)49)29-40(32-43)50-26-10-18-36-14-2-6-22-46(36)50)44-33-41(51-27-11-19-37-15-3-7-23-47(37)51)30-42(34-44)52-28-12-20-38-16-4-8-24-48(38)52/h1-33,44H,34H2. The van der Waals surface area contributed by atoms with E-state index < -0.39 is 0 Å². The Labute approximate surface area is 315 Å². The zero-order valence-corrected chi connectivity index (χ0v) is 29.7. The molecule has 54 heavy (non-hydrogen) atoms. The van der Waals surface area contributed by atoms with Gasteiger partial charge in [-0.2, -0.15) is 0 Å². The lowest BCUT2D eigenvalue weighted by atomic mass is 9.79. The van der Waals surface area contributed by atoms with Crippen molar-refractivity contribution >= 4 is 60.0 Å². The van der Waals surface area contributed by atoms with Crippen LogP contribution in [0.2, 0.25) is 0 Å². The van der Waals surface area contributed by atoms with E-state index in [2.05, 4.69) is 200 Å². The van der Waals surface area contributed by atoms with Crippen molar-refractivity contribution in [2.45, 2.75) is 6.42 Å². The number of allylic oxidation sites excluding steroid dienone is 4. The van der Waals surface area contributed by atoms with E-state index in [1.54, 1.807) is 0 Å². The van der Waals surface area contributed by atoms with Crippen molar-refractivity contribution in [3.63, 3.8) is 0 Å². The second-order valence-corrected chi connectivity index (χ2v) is 14.4. The van der Waals surface area contributed by atoms with Crippen LogP contribution < -0.4 is 0 Å². The molecule has 0 spiro atoms. The van der Waals surface area contributed by atoms with Crippen molar-refractivity contribution in [1.29, 1.82) is 0 Å². The number of fused-ring (bicyclic) bond motifs is 4. The third kappa shape index (κ3) is 5.62. The summed E-state index contributed by atoms with van der Waals surface area (Å²) in [6, 6.07) is 66.5. The van der Waals surface area contributed by atoms with Crippen LogP contribution in [0.4, 0.5) is 0 Å². The monoisotopic (exact) mass is 688 g/mol. The van der Waals surface area contributed by atoms with Gasteiger partial charge in [0.05, 0.1) is 0 Å². The predicted molar refractivity (Wildman–Crippen MR) is 229 cm³/mol. The normalized spacial score (nSPS) is 14.3. The minimum atomic E-state index is -0.360. The van der Waals surface area contributed by atoms with E-state index >= 15 is 4.79 Å². The van der Waals surface area contributed by atoms with Gasteiger partial charge in [0, 0.05) is 11.5 Å². The van der Waals surface area contributed by atoms with Gasteiger partial charge in [-0.3, -0.25) is 4.79 Å². The second kappa shape index (κ2) is 13.3. The topological polar surface area (TPSA) is 17.1 Å². The minimum Gasteiger partial charge on any atom is -0.294 e. The van der Waals surface area contributed by atoms with Crippen LogP contribution in [0.5, 0.6) is 0 Å². The first-order valence-corrected chi connectivity index (χ1v) is 18.7. The van der Waals surface area contributed by atoms with Gasteiger partial charge < -0.3 is 0 Å². The van der Waals surface area contributed by atoms with Crippen LogP contribution in [0.3, 0.4) is 0 Å². The highest BCUT2D eigenvalue weighted by Gasteiger charge is 2.27. The molecule has 1 aliphatic carbocycles. The van der Waals surface area contributed by atoms with E-state index in [9.17, 15) is 0 Å². The number of benzene rings is 9. The molecule has 0 bridgehead atoms. The summed E-state index contributed by atoms with van der Waals surface area (Å²) >= 11 is 0. The van der Waals surface area contributed by atoms with Gasteiger partial charge in [0.25, 0.3) is 0 Å². The van der Waals surface area contributed by atoms with E-state index in [1.165, 1.54) is 54.2 Å². The van der Waals surface area contributed by atoms with Crippen molar-refractivity contribution < 1.29 is 4.79 Å². The highest BCUT2D eigenvalue weighted by Crippen LogP contribution is 2.41. The summed E-state index contributed by atoms with van der Waals surface area (Å²) < 4.78 is 0. The summed E-state index contributed by atoms with van der Waals surface area (Å²) in [6.07, 6.45) is 5.16. The lowest BCUT2D eigenvalue weighted by Gasteiger charge is -2.24. The third-order valence-electron chi connectivity index (χ3n) is 11.1. The largest absolute Gasteiger partial charge is 0.294 e. The van der Waals surface area contributed by atoms with E-state index in [0.29, 0.717) is 6.42 Å². The van der Waals surface area contributed by atoms with E-state index in [0.717, 1.165) is 39.0 Å². The zero-order chi connectivity index (χ0) is 36.0. The van der Waals surface area contributed by atoms with Gasteiger partial charge in [-0.1, -0.05) is 182 Å². The fourth-order valence-corrected chi connectivity index (χ4v) is 8.56. The quantitative estimate of drug-likeness (QED) is 0.159. The Kier molecular flexibility index (Phi) is 7.85. The SMILES string of the molecule is O=C(c1cc(-c2cccc3ccccc23)cc(-c2cccc3ccccc23)c1)C1C=C(c2cccc3ccccc23)C=C(c2cccc3ccccc23)C1. The van der Waals surface area contributed by atoms with E-state index in [1.807, 2.05) is 0 Å². The van der Waals surface area contributed by atoms with Crippen LogP contribution >= 0.6 is 0 Å². The molecule has 9 aromatic carbocycles. The van der Waals surface area contributed by atoms with Gasteiger partial charge in [-0.25, -0.2) is 0 Å². The molecule has 0 N–H and O–H groups in total. The maximum absolute atomic E-state index is 15.3. The molecular weight excluding hydrogens is 653 g/mol. The second-order valence-electron chi connectivity index (χ2n) is 14.4. The first kappa shape index (κ1) is 31.9. The molecule has 1 unspecified atom stereocenters. The third-order valence-corrected chi connectivity index (χ3v) is 11.1. The molecule has 1 aliphatic rings. The van der Waals surface area contributed by atoms with Crippen LogP contribution in [0.25, 0.3) is 76.5 Å². The molecule has 9 aromatic rings. The average Bonchev–Trinajstić information content (AvgIpc) is 3.25. The van der Waals surface area contributed by atoms with Crippen LogP contribution in [0, 0.1) is 5.92 Å². The first-order valence-electron chi connectivity index (χ1n) is 18.7. The minimum absolute atomic E-state index is 0.127. The van der Waals surface area contributed by atoms with E-state index in [4.69, 9.17) is 0 Å². The summed E-state index contributed by atoms with van der Waals surface area (Å²) in [7, 11) is 0. The summed E-state index contributed by atoms with van der Waals surface area (Å²) in [5.41, 5.74) is 9.63. The van der Waals surface area contributed by atoms with Gasteiger partial charge in [0.15, 0.2) is 5.78 Å². The summed E-state index contributed by atoms with van der Waals surface area (Å²) in [5, 5.41) is 9.47. The van der Waals surface area contributed by atoms with Crippen molar-refractivity contribution in [2.75, 3.05) is 0 Å². The molecule has 0 fully saturated rings. The molecule has 1 atom stereocenters. The molecule has 0 aromatic heterocycles. The van der Waals surface area contributed by atoms with Crippen molar-refractivity contribution in [2.24, 2.45) is 5.92 Å². The number of carbonyl (C=O) groups excluding carboxylic acids is 1. The molecule has 0 saturated carbocycles. The van der Waals surface area contributed by atoms with Crippen LogP contribution in [-0.4, -0.2) is 5.78 Å². The molecule has 1 nitrogen and oxygen atoms in total. The molecule has 0 saturated heterocycles. The number of rotatable bonds is 6. The van der Waals surface area contributed by atoms with Gasteiger partial charge in [0.2, 0.25) is 0 Å². The van der Waals surface area contributed by atoms with Gasteiger partial charge in [0.1, 0.15) is 0 Å². The maximum Gasteiger partial charge on any atom is 0.170 e. The number of ketones is 1. The fraction of sp³-hybridized carbons (Fsp3) is 0.0377. The zero-order valence-electron chi connectivity index (χ0n) is 29.7. The Morgan fingerprint density at radius 2 is 0.796 bits per heavy atom. The number of Topliss-reactive ketones (excluding diaryl/α,β-unsaturated/α-hetero) is 1. The van der Waals surface area contributed by atoms with Gasteiger partial charge in [-0.15, -0.1) is 0 Å². The van der Waals surface area contributed by atoms with Crippen molar-refractivity contribution in [3.05, 3.63) is 217 Å².